The highest BCUT2D eigenvalue weighted by molar-refractivity contribution is 6.11. The highest BCUT2D eigenvalue weighted by atomic mass is 16.6. The summed E-state index contributed by atoms with van der Waals surface area (Å²) in [6, 6.07) is 20.7. The summed E-state index contributed by atoms with van der Waals surface area (Å²) in [6.07, 6.45) is 30.7. The number of benzene rings is 2. The van der Waals surface area contributed by atoms with Gasteiger partial charge in [0, 0.05) is 82.0 Å². The third-order valence-corrected chi connectivity index (χ3v) is 24.3. The molecule has 0 amide bonds. The van der Waals surface area contributed by atoms with E-state index in [1.165, 1.54) is 10.8 Å². The Balaban J connectivity index is 0.805. The fraction of sp³-hybridized carbons (Fsp3) is 0.583. The van der Waals surface area contributed by atoms with Crippen LogP contribution in [0.15, 0.2) is 110 Å². The van der Waals surface area contributed by atoms with Crippen LogP contribution in [0.4, 0.5) is 0 Å². The minimum Gasteiger partial charge on any atom is -0.390 e. The highest BCUT2D eigenvalue weighted by Gasteiger charge is 2.74. The molecule has 6 N–H and O–H groups in total. The van der Waals surface area contributed by atoms with Crippen LogP contribution in [0.5, 0.6) is 0 Å². The first-order valence-corrected chi connectivity index (χ1v) is 33.6. The molecule has 14 heteroatoms. The lowest BCUT2D eigenvalue weighted by Gasteiger charge is -2.58. The molecule has 14 heterocycles. The number of aromatic amines is 2. The molecule has 10 aliphatic heterocycles. The van der Waals surface area contributed by atoms with Gasteiger partial charge in [0.1, 0.15) is 11.4 Å². The summed E-state index contributed by atoms with van der Waals surface area (Å²) < 4.78 is 16.3. The number of pyridine rings is 2. The molecule has 18 rings (SSSR count). The zero-order valence-electron chi connectivity index (χ0n) is 50.1. The maximum Gasteiger partial charge on any atom is 0.123 e. The Hall–Kier alpha value is -5.10. The van der Waals surface area contributed by atoms with Crippen molar-refractivity contribution in [3.8, 4) is 0 Å². The molecule has 2 aliphatic carbocycles. The largest absolute Gasteiger partial charge is 0.390 e. The van der Waals surface area contributed by atoms with Crippen LogP contribution in [-0.2, 0) is 9.47 Å². The normalized spacial score (nSPS) is 42.0. The van der Waals surface area contributed by atoms with Crippen LogP contribution in [0.1, 0.15) is 140 Å². The number of fused-ring (bicyclic) bond motifs is 11. The van der Waals surface area contributed by atoms with Crippen molar-refractivity contribution in [2.24, 2.45) is 22.7 Å². The lowest BCUT2D eigenvalue weighted by molar-refractivity contribution is -0.223. The molecule has 2 aromatic carbocycles. The lowest BCUT2D eigenvalue weighted by Crippen LogP contribution is -2.66. The number of nitrogens with one attached hydrogen (secondary N) is 2. The number of aromatic nitrogens is 4. The molecular formula is C72H88N8O6. The molecule has 8 saturated heterocycles. The molecule has 0 saturated carbocycles. The third-order valence-electron chi connectivity index (χ3n) is 24.3. The molecule has 6 aromatic rings. The van der Waals surface area contributed by atoms with Crippen molar-refractivity contribution in [2.75, 3.05) is 52.4 Å². The summed E-state index contributed by atoms with van der Waals surface area (Å²) >= 11 is 0. The van der Waals surface area contributed by atoms with Gasteiger partial charge in [-0.2, -0.15) is 0 Å². The smallest absolute Gasteiger partial charge is 0.123 e. The topological polar surface area (TPSA) is 170 Å². The second-order valence-corrected chi connectivity index (χ2v) is 28.9. The monoisotopic (exact) mass is 1160 g/mol. The molecule has 16 atom stereocenters. The zero-order valence-corrected chi connectivity index (χ0v) is 50.1. The Labute approximate surface area is 505 Å². The predicted molar refractivity (Wildman–Crippen MR) is 337 cm³/mol. The van der Waals surface area contributed by atoms with E-state index in [0.717, 1.165) is 159 Å². The maximum atomic E-state index is 14.4. The Bertz CT molecular complexity index is 3740. The number of para-hydroxylation sites is 2. The fourth-order valence-corrected chi connectivity index (χ4v) is 21.1. The highest BCUT2D eigenvalue weighted by Crippen LogP contribution is 2.68. The molecule has 8 fully saturated rings. The van der Waals surface area contributed by atoms with Crippen LogP contribution >= 0.6 is 0 Å². The summed E-state index contributed by atoms with van der Waals surface area (Å²) in [5.41, 5.74) is 3.10. The molecule has 10 bridgehead atoms. The SMILES string of the molecule is OC1CCC23C[C@]45CN6CCCC/C=C\CC[C@](O)(C=C(c7nccc8c7[nH]c7ccccc78)[C@@H]4CC6)[C@H]5N2CCC1O[C@@]12CC[C@H](O3)[C@@H](O)CCN1[C@@H]1[C@]3(CN4CCCC/C=C\CC[C@]1(O)C=C(c1nccc5c1[nH]c1ccccc15)[C@@H]3CC4)C2. The molecule has 12 aliphatic rings. The van der Waals surface area contributed by atoms with Gasteiger partial charge in [-0.3, -0.25) is 19.8 Å². The van der Waals surface area contributed by atoms with E-state index < -0.39 is 57.9 Å². The van der Waals surface area contributed by atoms with Crippen LogP contribution in [-0.4, -0.2) is 171 Å². The first kappa shape index (κ1) is 55.0. The van der Waals surface area contributed by atoms with Crippen molar-refractivity contribution in [3.05, 3.63) is 121 Å². The number of nitrogens with zero attached hydrogens (tertiary/aromatic N) is 6. The number of H-pyrrole nitrogens is 2. The van der Waals surface area contributed by atoms with Gasteiger partial charge in [0.15, 0.2) is 0 Å². The molecule has 86 heavy (non-hydrogen) atoms. The molecule has 5 unspecified atom stereocenters. The van der Waals surface area contributed by atoms with Crippen molar-refractivity contribution in [2.45, 2.75) is 188 Å². The molecule has 4 aromatic heterocycles. The van der Waals surface area contributed by atoms with Gasteiger partial charge in [-0.1, -0.05) is 60.7 Å². The van der Waals surface area contributed by atoms with Gasteiger partial charge in [0.2, 0.25) is 0 Å². The second-order valence-electron chi connectivity index (χ2n) is 28.9. The predicted octanol–water partition coefficient (Wildman–Crippen LogP) is 10.8. The van der Waals surface area contributed by atoms with E-state index in [4.69, 9.17) is 19.4 Å². The quantitative estimate of drug-likeness (QED) is 0.0909. The molecule has 4 spiro atoms. The van der Waals surface area contributed by atoms with Crippen molar-refractivity contribution in [3.63, 3.8) is 0 Å². The van der Waals surface area contributed by atoms with Gasteiger partial charge in [-0.25, -0.2) is 0 Å². The van der Waals surface area contributed by atoms with Gasteiger partial charge < -0.3 is 49.7 Å². The van der Waals surface area contributed by atoms with Crippen molar-refractivity contribution >= 4 is 54.8 Å². The molecule has 452 valence electrons. The standard InChI is InChI=1S/C72H88N8O6/c81-57-21-31-71-43-67-45-77-35-15-7-4-2-6-14-30-70(84,42-52(53(67)25-37-77)62-64-50(24-34-74-62)48-18-10-12-20-56(48)76-64)66(67)80(71)40-28-60(57)86-72-32-22-59(85-71)58(82)27-39-79(72)65-68(44-72)46-78-36-16-8-3-1-5-13-29-69(65,83)41-51(54(68)26-38-78)61-63-49(23-33-73-61)47-17-9-11-19-55(47)75-63/h1-2,5-6,9-12,17-20,23-24,33-34,41-42,53-54,57-60,65-66,75-76,81-84H,3-4,7-8,13-16,21-22,25-32,35-40,43-46H2/b5-1-,6-2-/t53-,54-,57?,58-,59-,60?,65+,66-,67-,68-,69-,70-,71?,72+/m0/s1. The summed E-state index contributed by atoms with van der Waals surface area (Å²) in [4.78, 5) is 28.9. The van der Waals surface area contributed by atoms with E-state index in [2.05, 4.69) is 127 Å². The Morgan fingerprint density at radius 1 is 0.477 bits per heavy atom. The average Bonchev–Trinajstić information content (AvgIpc) is 1.50. The second kappa shape index (κ2) is 20.7. The number of aliphatic hydroxyl groups is 4. The number of hydrogen-bond acceptors (Lipinski definition) is 12. The van der Waals surface area contributed by atoms with Gasteiger partial charge in [0.25, 0.3) is 0 Å². The van der Waals surface area contributed by atoms with Crippen molar-refractivity contribution in [1.29, 1.82) is 0 Å². The Morgan fingerprint density at radius 2 is 0.953 bits per heavy atom. The number of allylic oxidation sites excluding steroid dienone is 6. The molecule has 14 nitrogen and oxygen atoms in total. The van der Waals surface area contributed by atoms with Gasteiger partial charge in [0.05, 0.1) is 70.1 Å². The van der Waals surface area contributed by atoms with Crippen molar-refractivity contribution < 1.29 is 29.9 Å². The molecule has 0 radical (unpaired) electrons. The average molecular weight is 1160 g/mol. The number of aliphatic hydroxyl groups excluding tert-OH is 2. The van der Waals surface area contributed by atoms with Crippen LogP contribution in [0.2, 0.25) is 0 Å². The van der Waals surface area contributed by atoms with Crippen LogP contribution in [0, 0.1) is 22.7 Å². The van der Waals surface area contributed by atoms with E-state index >= 15 is 0 Å². The summed E-state index contributed by atoms with van der Waals surface area (Å²) in [5.74, 6) is 0.123. The number of hydrogen-bond donors (Lipinski definition) is 6. The minimum absolute atomic E-state index is 0.0576. The number of rotatable bonds is 2. The van der Waals surface area contributed by atoms with Crippen molar-refractivity contribution in [1.82, 2.24) is 39.5 Å². The van der Waals surface area contributed by atoms with E-state index in [0.29, 0.717) is 77.3 Å². The number of ether oxygens (including phenoxy) is 2. The first-order valence-electron chi connectivity index (χ1n) is 33.6. The minimum atomic E-state index is -1.28. The third kappa shape index (κ3) is 8.39. The van der Waals surface area contributed by atoms with Gasteiger partial charge >= 0.3 is 0 Å². The Morgan fingerprint density at radius 3 is 1.50 bits per heavy atom. The zero-order chi connectivity index (χ0) is 57.6. The van der Waals surface area contributed by atoms with Gasteiger partial charge in [-0.15, -0.1) is 0 Å². The summed E-state index contributed by atoms with van der Waals surface area (Å²) in [7, 11) is 0. The van der Waals surface area contributed by atoms with Crippen LogP contribution in [0.3, 0.4) is 0 Å². The van der Waals surface area contributed by atoms with E-state index in [9.17, 15) is 20.4 Å². The number of piperidine rings is 2. The fourth-order valence-electron chi connectivity index (χ4n) is 21.1. The first-order chi connectivity index (χ1) is 42.0. The Kier molecular flexibility index (Phi) is 13.3. The van der Waals surface area contributed by atoms with E-state index in [-0.39, 0.29) is 23.9 Å². The van der Waals surface area contributed by atoms with E-state index in [1.54, 1.807) is 0 Å². The summed E-state index contributed by atoms with van der Waals surface area (Å²) in [5, 5.41) is 59.7. The maximum absolute atomic E-state index is 14.4. The van der Waals surface area contributed by atoms with Crippen LogP contribution in [0.25, 0.3) is 54.8 Å². The molecular weight excluding hydrogens is 1070 g/mol. The summed E-state index contributed by atoms with van der Waals surface area (Å²) in [6.45, 7) is 6.66. The van der Waals surface area contributed by atoms with Gasteiger partial charge in [-0.05, 0) is 214 Å². The lowest BCUT2D eigenvalue weighted by atomic mass is 9.54. The van der Waals surface area contributed by atoms with Crippen LogP contribution < -0.4 is 0 Å². The van der Waals surface area contributed by atoms with E-state index in [1.807, 2.05) is 12.4 Å².